The van der Waals surface area contributed by atoms with Crippen molar-refractivity contribution < 1.29 is 19.1 Å². The fourth-order valence-corrected chi connectivity index (χ4v) is 2.21. The lowest BCUT2D eigenvalue weighted by atomic mass is 10.1. The van der Waals surface area contributed by atoms with Crippen molar-refractivity contribution in [2.45, 2.75) is 13.3 Å². The summed E-state index contributed by atoms with van der Waals surface area (Å²) in [4.78, 5) is 23.9. The summed E-state index contributed by atoms with van der Waals surface area (Å²) in [6, 6.07) is 13.2. The Bertz CT molecular complexity index is 925. The zero-order valence-corrected chi connectivity index (χ0v) is 12.4. The van der Waals surface area contributed by atoms with Gasteiger partial charge in [-0.05, 0) is 12.1 Å². The van der Waals surface area contributed by atoms with Gasteiger partial charge in [0.05, 0.1) is 5.39 Å². The highest BCUT2D eigenvalue weighted by molar-refractivity contribution is 5.89. The predicted octanol–water partition coefficient (Wildman–Crippen LogP) is 3.48. The first-order valence-corrected chi connectivity index (χ1v) is 7.16. The van der Waals surface area contributed by atoms with E-state index >= 15 is 0 Å². The zero-order valence-electron chi connectivity index (χ0n) is 12.4. The fraction of sp³-hybridized carbons (Fsp3) is 0.111. The zero-order chi connectivity index (χ0) is 16.4. The largest absolute Gasteiger partial charge is 0.504 e. The Kier molecular flexibility index (Phi) is 3.85. The molecule has 0 fully saturated rings. The van der Waals surface area contributed by atoms with Crippen LogP contribution in [-0.4, -0.2) is 11.1 Å². The van der Waals surface area contributed by atoms with Gasteiger partial charge in [-0.2, -0.15) is 0 Å². The molecule has 0 atom stereocenters. The first-order valence-electron chi connectivity index (χ1n) is 7.16. The van der Waals surface area contributed by atoms with Crippen molar-refractivity contribution in [3.8, 4) is 22.8 Å². The number of phenolic OH excluding ortho intramolecular Hbond substituents is 1. The number of carbonyl (C=O) groups excluding carboxylic acids is 1. The number of rotatable bonds is 3. The Morgan fingerprint density at radius 3 is 2.61 bits per heavy atom. The summed E-state index contributed by atoms with van der Waals surface area (Å²) in [5.41, 5.74) is 0.486. The molecule has 2 aromatic carbocycles. The van der Waals surface area contributed by atoms with Crippen LogP contribution in [0.4, 0.5) is 0 Å². The molecule has 0 spiro atoms. The van der Waals surface area contributed by atoms with E-state index in [9.17, 15) is 14.7 Å². The first-order chi connectivity index (χ1) is 11.1. The Morgan fingerprint density at radius 1 is 1.17 bits per heavy atom. The topological polar surface area (TPSA) is 76.7 Å². The molecule has 0 aliphatic carbocycles. The smallest absolute Gasteiger partial charge is 0.311 e. The number of esters is 1. The Balaban J connectivity index is 2.27. The van der Waals surface area contributed by atoms with Gasteiger partial charge in [0.1, 0.15) is 5.76 Å². The van der Waals surface area contributed by atoms with Crippen LogP contribution in [0.3, 0.4) is 0 Å². The molecule has 1 heterocycles. The van der Waals surface area contributed by atoms with Crippen LogP contribution < -0.4 is 10.2 Å². The molecule has 0 amide bonds. The molecule has 116 valence electrons. The maximum absolute atomic E-state index is 12.3. The molecule has 3 rings (SSSR count). The van der Waals surface area contributed by atoms with E-state index in [2.05, 4.69) is 0 Å². The molecule has 0 bridgehead atoms. The summed E-state index contributed by atoms with van der Waals surface area (Å²) < 4.78 is 10.9. The standard InChI is InChI=1S/C18H14O5/c1-2-16(21)23-18-13(19)9-8-12-14(20)10-15(22-17(12)18)11-6-4-3-5-7-11/h3-10,19H,2H2,1H3. The summed E-state index contributed by atoms with van der Waals surface area (Å²) in [6.45, 7) is 1.64. The van der Waals surface area contributed by atoms with Gasteiger partial charge in [-0.15, -0.1) is 0 Å². The van der Waals surface area contributed by atoms with Crippen molar-refractivity contribution in [3.05, 3.63) is 58.8 Å². The van der Waals surface area contributed by atoms with E-state index in [-0.39, 0.29) is 34.3 Å². The number of phenols is 1. The summed E-state index contributed by atoms with van der Waals surface area (Å²) in [5.74, 6) is -0.583. The highest BCUT2D eigenvalue weighted by atomic mass is 16.5. The highest BCUT2D eigenvalue weighted by Gasteiger charge is 2.17. The number of benzene rings is 2. The molecule has 0 saturated heterocycles. The van der Waals surface area contributed by atoms with Crippen molar-refractivity contribution in [3.63, 3.8) is 0 Å². The van der Waals surface area contributed by atoms with Gasteiger partial charge >= 0.3 is 5.97 Å². The van der Waals surface area contributed by atoms with Gasteiger partial charge < -0.3 is 14.3 Å². The summed E-state index contributed by atoms with van der Waals surface area (Å²) in [5, 5.41) is 10.2. The van der Waals surface area contributed by atoms with Gasteiger partial charge in [0.2, 0.25) is 5.75 Å². The second kappa shape index (κ2) is 5.96. The van der Waals surface area contributed by atoms with E-state index < -0.39 is 5.97 Å². The van der Waals surface area contributed by atoms with E-state index in [1.807, 2.05) is 18.2 Å². The van der Waals surface area contributed by atoms with E-state index in [1.165, 1.54) is 18.2 Å². The number of hydrogen-bond donors (Lipinski definition) is 1. The monoisotopic (exact) mass is 310 g/mol. The summed E-state index contributed by atoms with van der Waals surface area (Å²) in [6.07, 6.45) is 0.137. The third-order valence-corrected chi connectivity index (χ3v) is 3.39. The van der Waals surface area contributed by atoms with Crippen LogP contribution in [0.2, 0.25) is 0 Å². The normalized spacial score (nSPS) is 10.7. The second-order valence-corrected chi connectivity index (χ2v) is 4.96. The van der Waals surface area contributed by atoms with E-state index in [1.54, 1.807) is 19.1 Å². The van der Waals surface area contributed by atoms with Gasteiger partial charge in [-0.25, -0.2) is 0 Å². The van der Waals surface area contributed by atoms with Gasteiger partial charge in [-0.1, -0.05) is 37.3 Å². The molecule has 0 aliphatic rings. The lowest BCUT2D eigenvalue weighted by Crippen LogP contribution is -2.08. The van der Waals surface area contributed by atoms with Crippen molar-refractivity contribution >= 4 is 16.9 Å². The van der Waals surface area contributed by atoms with Gasteiger partial charge in [0, 0.05) is 18.1 Å². The minimum Gasteiger partial charge on any atom is -0.504 e. The minimum atomic E-state index is -0.527. The van der Waals surface area contributed by atoms with Crippen LogP contribution in [0.25, 0.3) is 22.3 Å². The van der Waals surface area contributed by atoms with E-state index in [0.29, 0.717) is 11.3 Å². The number of ether oxygens (including phenoxy) is 1. The Hall–Kier alpha value is -3.08. The first kappa shape index (κ1) is 14.8. The molecular formula is C18H14O5. The molecule has 3 aromatic rings. The predicted molar refractivity (Wildman–Crippen MR) is 85.5 cm³/mol. The van der Waals surface area contributed by atoms with Crippen molar-refractivity contribution in [1.29, 1.82) is 0 Å². The van der Waals surface area contributed by atoms with Gasteiger partial charge in [0.25, 0.3) is 0 Å². The molecule has 0 saturated carbocycles. The average molecular weight is 310 g/mol. The number of aromatic hydroxyl groups is 1. The van der Waals surface area contributed by atoms with Gasteiger partial charge in [0.15, 0.2) is 16.8 Å². The quantitative estimate of drug-likeness (QED) is 0.592. The second-order valence-electron chi connectivity index (χ2n) is 4.96. The lowest BCUT2D eigenvalue weighted by molar-refractivity contribution is -0.134. The molecule has 23 heavy (non-hydrogen) atoms. The molecule has 0 unspecified atom stereocenters. The Morgan fingerprint density at radius 2 is 1.91 bits per heavy atom. The maximum Gasteiger partial charge on any atom is 0.311 e. The summed E-state index contributed by atoms with van der Waals surface area (Å²) >= 11 is 0. The molecule has 0 radical (unpaired) electrons. The lowest BCUT2D eigenvalue weighted by Gasteiger charge is -2.09. The molecule has 5 nitrogen and oxygen atoms in total. The highest BCUT2D eigenvalue weighted by Crippen LogP contribution is 2.35. The van der Waals surface area contributed by atoms with Crippen LogP contribution >= 0.6 is 0 Å². The fourth-order valence-electron chi connectivity index (χ4n) is 2.21. The van der Waals surface area contributed by atoms with Crippen LogP contribution in [-0.2, 0) is 4.79 Å². The van der Waals surface area contributed by atoms with E-state index in [4.69, 9.17) is 9.15 Å². The number of hydrogen-bond acceptors (Lipinski definition) is 5. The van der Waals surface area contributed by atoms with Crippen LogP contribution in [0, 0.1) is 0 Å². The number of fused-ring (bicyclic) bond motifs is 1. The van der Waals surface area contributed by atoms with Crippen molar-refractivity contribution in [2.24, 2.45) is 0 Å². The Labute approximate surface area is 131 Å². The van der Waals surface area contributed by atoms with Crippen molar-refractivity contribution in [1.82, 2.24) is 0 Å². The number of carbonyl (C=O) groups is 1. The molecule has 1 N–H and O–H groups in total. The maximum atomic E-state index is 12.3. The van der Waals surface area contributed by atoms with Gasteiger partial charge in [-0.3, -0.25) is 9.59 Å². The average Bonchev–Trinajstić information content (AvgIpc) is 2.58. The molecule has 5 heteroatoms. The SMILES string of the molecule is CCC(=O)Oc1c(O)ccc2c(=O)cc(-c3ccccc3)oc12. The summed E-state index contributed by atoms with van der Waals surface area (Å²) in [7, 11) is 0. The third-order valence-electron chi connectivity index (χ3n) is 3.39. The third kappa shape index (κ3) is 2.81. The van der Waals surface area contributed by atoms with Crippen molar-refractivity contribution in [2.75, 3.05) is 0 Å². The molecule has 0 aliphatic heterocycles. The van der Waals surface area contributed by atoms with Crippen LogP contribution in [0.5, 0.6) is 11.5 Å². The minimum absolute atomic E-state index is 0.0538. The molecular weight excluding hydrogens is 296 g/mol. The van der Waals surface area contributed by atoms with Crippen LogP contribution in [0.15, 0.2) is 57.7 Å². The van der Waals surface area contributed by atoms with Crippen LogP contribution in [0.1, 0.15) is 13.3 Å². The molecule has 1 aromatic heterocycles. The van der Waals surface area contributed by atoms with E-state index in [0.717, 1.165) is 0 Å².